The van der Waals surface area contributed by atoms with Crippen LogP contribution in [0.3, 0.4) is 0 Å². The molecule has 0 amide bonds. The third kappa shape index (κ3) is 3.45. The van der Waals surface area contributed by atoms with Gasteiger partial charge in [-0.3, -0.25) is 4.68 Å². The Balaban J connectivity index is 1.57. The third-order valence-electron chi connectivity index (χ3n) is 5.46. The summed E-state index contributed by atoms with van der Waals surface area (Å²) >= 11 is 1.52. The predicted octanol–water partition coefficient (Wildman–Crippen LogP) is 2.61. The number of rotatable bonds is 5. The number of aryl methyl sites for hydroxylation is 1. The largest absolute Gasteiger partial charge is 0.492 e. The lowest BCUT2D eigenvalue weighted by atomic mass is 10.0. The van der Waals surface area contributed by atoms with Gasteiger partial charge in [-0.05, 0) is 17.7 Å². The molecule has 0 fully saturated rings. The number of nitrogens with zero attached hydrogens (tertiary/aromatic N) is 6. The summed E-state index contributed by atoms with van der Waals surface area (Å²) in [4.78, 5) is 18.7. The van der Waals surface area contributed by atoms with Gasteiger partial charge in [0.15, 0.2) is 5.13 Å². The van der Waals surface area contributed by atoms with Crippen molar-refractivity contribution in [2.75, 3.05) is 13.2 Å². The zero-order valence-electron chi connectivity index (χ0n) is 18.1. The monoisotopic (exact) mass is 452 g/mol. The van der Waals surface area contributed by atoms with Crippen molar-refractivity contribution >= 4 is 11.3 Å². The fourth-order valence-corrected chi connectivity index (χ4v) is 4.92. The summed E-state index contributed by atoms with van der Waals surface area (Å²) in [5.74, 6) is 1.56. The molecule has 4 aromatic rings. The van der Waals surface area contributed by atoms with Gasteiger partial charge in [0.05, 0.1) is 31.6 Å². The second-order valence-electron chi connectivity index (χ2n) is 8.05. The van der Waals surface area contributed by atoms with Crippen LogP contribution in [-0.2, 0) is 20.0 Å². The Morgan fingerprint density at radius 2 is 2.12 bits per heavy atom. The normalized spacial score (nSPS) is 13.0. The topological polar surface area (TPSA) is 100.0 Å². The second-order valence-corrected chi connectivity index (χ2v) is 9.11. The van der Waals surface area contributed by atoms with Gasteiger partial charge in [-0.2, -0.15) is 10.2 Å². The maximum absolute atomic E-state index is 12.8. The Kier molecular flexibility index (Phi) is 5.18. The van der Waals surface area contributed by atoms with Crippen molar-refractivity contribution in [1.82, 2.24) is 29.1 Å². The first-order valence-corrected chi connectivity index (χ1v) is 11.3. The minimum Gasteiger partial charge on any atom is -0.492 e. The third-order valence-corrected chi connectivity index (χ3v) is 6.56. The lowest BCUT2D eigenvalue weighted by Gasteiger charge is -2.09. The molecule has 0 radical (unpaired) electrons. The Morgan fingerprint density at radius 3 is 2.91 bits per heavy atom. The van der Waals surface area contributed by atoms with Gasteiger partial charge < -0.3 is 9.84 Å². The molecule has 1 aliphatic heterocycles. The number of hydrogen-bond acceptors (Lipinski definition) is 7. The Morgan fingerprint density at radius 1 is 1.28 bits per heavy atom. The van der Waals surface area contributed by atoms with E-state index >= 15 is 0 Å². The Labute approximate surface area is 188 Å². The lowest BCUT2D eigenvalue weighted by molar-refractivity contribution is 0.269. The SMILES string of the molecule is CC(C)c1nn(C)c(=O)n1-c1nc2c(s1)CCOc1cc(-c3cnn(CCO)c3)ccc1-2. The van der Waals surface area contributed by atoms with E-state index in [1.54, 1.807) is 22.5 Å². The van der Waals surface area contributed by atoms with Gasteiger partial charge in [-0.25, -0.2) is 19.0 Å². The molecule has 0 atom stereocenters. The van der Waals surface area contributed by atoms with Gasteiger partial charge in [0, 0.05) is 41.6 Å². The van der Waals surface area contributed by atoms with Crippen LogP contribution >= 0.6 is 11.3 Å². The number of ether oxygens (including phenoxy) is 1. The molecule has 0 bridgehead atoms. The minimum atomic E-state index is -0.190. The van der Waals surface area contributed by atoms with Crippen LogP contribution in [0, 0.1) is 0 Å². The molecule has 4 heterocycles. The van der Waals surface area contributed by atoms with E-state index in [0.29, 0.717) is 24.1 Å². The zero-order valence-corrected chi connectivity index (χ0v) is 19.0. The van der Waals surface area contributed by atoms with Crippen LogP contribution in [0.5, 0.6) is 5.75 Å². The highest BCUT2D eigenvalue weighted by molar-refractivity contribution is 7.14. The number of hydrogen-bond donors (Lipinski definition) is 1. The van der Waals surface area contributed by atoms with Gasteiger partial charge in [0.2, 0.25) is 0 Å². The quantitative estimate of drug-likeness (QED) is 0.500. The zero-order chi connectivity index (χ0) is 22.4. The molecule has 1 aromatic carbocycles. The van der Waals surface area contributed by atoms with E-state index < -0.39 is 0 Å². The van der Waals surface area contributed by atoms with Gasteiger partial charge in [-0.15, -0.1) is 11.3 Å². The highest BCUT2D eigenvalue weighted by Gasteiger charge is 2.25. The Bertz CT molecular complexity index is 1350. The maximum Gasteiger partial charge on any atom is 0.352 e. The summed E-state index contributed by atoms with van der Waals surface area (Å²) in [5, 5.41) is 18.4. The number of aliphatic hydroxyl groups is 1. The van der Waals surface area contributed by atoms with Crippen molar-refractivity contribution in [2.24, 2.45) is 7.05 Å². The summed E-state index contributed by atoms with van der Waals surface area (Å²) in [5.41, 5.74) is 3.51. The van der Waals surface area contributed by atoms with Crippen LogP contribution in [0.4, 0.5) is 0 Å². The van der Waals surface area contributed by atoms with Crippen LogP contribution in [0.2, 0.25) is 0 Å². The molecule has 1 aliphatic rings. The molecular weight excluding hydrogens is 428 g/mol. The predicted molar refractivity (Wildman–Crippen MR) is 122 cm³/mol. The Hall–Kier alpha value is -3.24. The van der Waals surface area contributed by atoms with Crippen LogP contribution in [-0.4, -0.2) is 47.4 Å². The molecule has 0 aliphatic carbocycles. The summed E-state index contributed by atoms with van der Waals surface area (Å²) in [6.07, 6.45) is 4.41. The number of thiazole rings is 1. The van der Waals surface area contributed by atoms with E-state index in [9.17, 15) is 4.79 Å². The maximum atomic E-state index is 12.8. The summed E-state index contributed by atoms with van der Waals surface area (Å²) < 4.78 is 10.8. The van der Waals surface area contributed by atoms with Crippen LogP contribution in [0.15, 0.2) is 35.4 Å². The van der Waals surface area contributed by atoms with Crippen molar-refractivity contribution in [3.63, 3.8) is 0 Å². The summed E-state index contributed by atoms with van der Waals surface area (Å²) in [7, 11) is 1.66. The molecule has 0 saturated carbocycles. The van der Waals surface area contributed by atoms with E-state index in [1.165, 1.54) is 16.0 Å². The highest BCUT2D eigenvalue weighted by Crippen LogP contribution is 2.40. The molecule has 1 N–H and O–H groups in total. The first-order chi connectivity index (χ1) is 15.5. The van der Waals surface area contributed by atoms with Crippen LogP contribution < -0.4 is 10.4 Å². The van der Waals surface area contributed by atoms with E-state index in [-0.39, 0.29) is 18.2 Å². The lowest BCUT2D eigenvalue weighted by Crippen LogP contribution is -2.22. The van der Waals surface area contributed by atoms with Crippen LogP contribution in [0.1, 0.15) is 30.5 Å². The number of benzene rings is 1. The second kappa shape index (κ2) is 8.03. The van der Waals surface area contributed by atoms with Crippen LogP contribution in [0.25, 0.3) is 27.5 Å². The molecule has 0 saturated heterocycles. The average Bonchev–Trinajstić information content (AvgIpc) is 3.44. The molecule has 0 spiro atoms. The molecule has 5 rings (SSSR count). The summed E-state index contributed by atoms with van der Waals surface area (Å²) in [6, 6.07) is 6.03. The number of fused-ring (bicyclic) bond motifs is 3. The smallest absolute Gasteiger partial charge is 0.352 e. The number of aromatic nitrogens is 6. The fraction of sp³-hybridized carbons (Fsp3) is 0.364. The van der Waals surface area contributed by atoms with Crippen molar-refractivity contribution in [3.05, 3.63) is 51.8 Å². The standard InChI is InChI=1S/C22H24N6O3S/c1-13(2)20-25-26(3)22(30)28(20)21-24-19-16-5-4-14(15-11-23-27(12-15)7-8-29)10-17(16)31-9-6-18(19)32-21/h4-5,10-13,29H,6-9H2,1-3H3. The van der Waals surface area contributed by atoms with E-state index in [4.69, 9.17) is 14.8 Å². The van der Waals surface area contributed by atoms with Crippen molar-refractivity contribution in [3.8, 4) is 33.3 Å². The van der Waals surface area contributed by atoms with Crippen molar-refractivity contribution in [2.45, 2.75) is 32.7 Å². The molecule has 10 heteroatoms. The minimum absolute atomic E-state index is 0.0436. The fourth-order valence-electron chi connectivity index (χ4n) is 3.86. The summed E-state index contributed by atoms with van der Waals surface area (Å²) in [6.45, 7) is 5.07. The van der Waals surface area contributed by atoms with E-state index in [1.807, 2.05) is 38.2 Å². The van der Waals surface area contributed by atoms with Crippen molar-refractivity contribution < 1.29 is 9.84 Å². The number of aliphatic hydroxyl groups excluding tert-OH is 1. The van der Waals surface area contributed by atoms with Gasteiger partial charge in [0.25, 0.3) is 0 Å². The first kappa shape index (κ1) is 20.7. The highest BCUT2D eigenvalue weighted by atomic mass is 32.1. The molecule has 32 heavy (non-hydrogen) atoms. The molecule has 166 valence electrons. The van der Waals surface area contributed by atoms with Gasteiger partial charge in [-0.1, -0.05) is 19.9 Å². The first-order valence-electron chi connectivity index (χ1n) is 10.5. The molecule has 3 aromatic heterocycles. The average molecular weight is 453 g/mol. The molecule has 0 unspecified atom stereocenters. The molecule has 9 nitrogen and oxygen atoms in total. The van der Waals surface area contributed by atoms with Crippen molar-refractivity contribution in [1.29, 1.82) is 0 Å². The van der Waals surface area contributed by atoms with Gasteiger partial charge >= 0.3 is 5.69 Å². The van der Waals surface area contributed by atoms with E-state index in [0.717, 1.165) is 39.4 Å². The van der Waals surface area contributed by atoms with E-state index in [2.05, 4.69) is 10.2 Å². The molecular formula is C22H24N6O3S. The van der Waals surface area contributed by atoms with Gasteiger partial charge in [0.1, 0.15) is 11.6 Å².